The molecule has 3 rings (SSSR count). The maximum atomic E-state index is 9.57. The van der Waals surface area contributed by atoms with Gasteiger partial charge in [-0.05, 0) is 70.9 Å². The number of nitriles is 1. The molecule has 1 aliphatic rings. The maximum absolute atomic E-state index is 9.57. The van der Waals surface area contributed by atoms with Gasteiger partial charge in [0, 0.05) is 16.0 Å². The first-order valence-electron chi connectivity index (χ1n) is 7.72. The Kier molecular flexibility index (Phi) is 4.96. The summed E-state index contributed by atoms with van der Waals surface area (Å²) in [6.45, 7) is 6.96. The number of aliphatic imine (C=N–C) groups is 1. The Morgan fingerprint density at radius 1 is 1.35 bits per heavy atom. The van der Waals surface area contributed by atoms with Crippen LogP contribution >= 0.6 is 45.3 Å². The van der Waals surface area contributed by atoms with Crippen LogP contribution in [0, 0.1) is 25.5 Å². The number of fused-ring (bicyclic) bond motifs is 1. The fourth-order valence-electron chi connectivity index (χ4n) is 3.04. The number of hydrogen-bond acceptors (Lipinski definition) is 4. The quantitative estimate of drug-likeness (QED) is 0.394. The van der Waals surface area contributed by atoms with E-state index in [9.17, 15) is 5.26 Å². The molecule has 5 heteroatoms. The van der Waals surface area contributed by atoms with E-state index >= 15 is 0 Å². The molecule has 0 N–H and O–H groups in total. The third-order valence-electron chi connectivity index (χ3n) is 4.49. The van der Waals surface area contributed by atoms with Crippen molar-refractivity contribution in [2.24, 2.45) is 16.3 Å². The third kappa shape index (κ3) is 3.70. The van der Waals surface area contributed by atoms with Crippen molar-refractivity contribution in [3.05, 3.63) is 35.9 Å². The fourth-order valence-corrected chi connectivity index (χ4v) is 5.80. The molecular weight excluding hydrogens is 435 g/mol. The average molecular weight is 454 g/mol. The monoisotopic (exact) mass is 454 g/mol. The molecule has 2 aromatic rings. The molecule has 0 radical (unpaired) electrons. The van der Waals surface area contributed by atoms with Crippen LogP contribution in [0.5, 0.6) is 0 Å². The van der Waals surface area contributed by atoms with Crippen molar-refractivity contribution >= 4 is 56.5 Å². The van der Waals surface area contributed by atoms with E-state index in [2.05, 4.69) is 66.6 Å². The Labute approximate surface area is 159 Å². The Morgan fingerprint density at radius 3 is 2.74 bits per heavy atom. The molecule has 0 fully saturated rings. The van der Waals surface area contributed by atoms with Crippen LogP contribution in [0.25, 0.3) is 0 Å². The topological polar surface area (TPSA) is 36.1 Å². The molecule has 2 heterocycles. The molecule has 23 heavy (non-hydrogen) atoms. The van der Waals surface area contributed by atoms with Crippen molar-refractivity contribution in [2.45, 2.75) is 40.0 Å². The van der Waals surface area contributed by atoms with Gasteiger partial charge in [-0.25, -0.2) is 4.99 Å². The zero-order chi connectivity index (χ0) is 16.6. The van der Waals surface area contributed by atoms with Crippen LogP contribution in [0.15, 0.2) is 17.1 Å². The van der Waals surface area contributed by atoms with Crippen molar-refractivity contribution in [1.29, 1.82) is 5.26 Å². The molecule has 0 amide bonds. The number of thiophene rings is 2. The van der Waals surface area contributed by atoms with Crippen molar-refractivity contribution in [1.82, 2.24) is 0 Å². The van der Waals surface area contributed by atoms with Gasteiger partial charge in [-0.3, -0.25) is 0 Å². The molecule has 0 bridgehead atoms. The van der Waals surface area contributed by atoms with Crippen LogP contribution in [0.3, 0.4) is 0 Å². The molecule has 1 atom stereocenters. The minimum Gasteiger partial charge on any atom is -0.243 e. The van der Waals surface area contributed by atoms with E-state index in [1.54, 1.807) is 22.7 Å². The first-order valence-corrected chi connectivity index (χ1v) is 10.4. The highest BCUT2D eigenvalue weighted by molar-refractivity contribution is 14.1. The molecule has 0 saturated carbocycles. The van der Waals surface area contributed by atoms with Crippen LogP contribution in [0.1, 0.15) is 48.1 Å². The molecule has 0 saturated heterocycles. The lowest BCUT2D eigenvalue weighted by atomic mass is 9.72. The molecule has 2 nitrogen and oxygen atoms in total. The van der Waals surface area contributed by atoms with Gasteiger partial charge in [0.2, 0.25) is 0 Å². The summed E-state index contributed by atoms with van der Waals surface area (Å²) in [6, 6.07) is 6.56. The smallest absolute Gasteiger partial charge is 0.134 e. The van der Waals surface area contributed by atoms with Gasteiger partial charge in [0.05, 0.1) is 8.45 Å². The zero-order valence-electron chi connectivity index (χ0n) is 13.5. The predicted octanol–water partition coefficient (Wildman–Crippen LogP) is 6.19. The molecule has 0 spiro atoms. The van der Waals surface area contributed by atoms with E-state index in [0.29, 0.717) is 11.3 Å². The number of halogens is 1. The third-order valence-corrected chi connectivity index (χ3v) is 7.48. The highest BCUT2D eigenvalue weighted by atomic mass is 127. The van der Waals surface area contributed by atoms with Gasteiger partial charge in [-0.1, -0.05) is 20.8 Å². The summed E-state index contributed by atoms with van der Waals surface area (Å²) in [5.74, 6) is 0.691. The number of nitrogens with zero attached hydrogens (tertiary/aromatic N) is 2. The van der Waals surface area contributed by atoms with E-state index in [1.807, 2.05) is 6.21 Å². The van der Waals surface area contributed by atoms with Crippen molar-refractivity contribution in [3.8, 4) is 6.07 Å². The van der Waals surface area contributed by atoms with Gasteiger partial charge in [0.25, 0.3) is 0 Å². The zero-order valence-corrected chi connectivity index (χ0v) is 17.3. The minimum absolute atomic E-state index is 0.325. The van der Waals surface area contributed by atoms with Gasteiger partial charge < -0.3 is 0 Å². The lowest BCUT2D eigenvalue weighted by Gasteiger charge is -2.33. The summed E-state index contributed by atoms with van der Waals surface area (Å²) in [6.07, 6.45) is 5.17. The molecule has 1 aliphatic carbocycles. The lowest BCUT2D eigenvalue weighted by molar-refractivity contribution is 0.218. The average Bonchev–Trinajstić information content (AvgIpc) is 3.06. The van der Waals surface area contributed by atoms with E-state index in [-0.39, 0.29) is 0 Å². The standard InChI is InChI=1S/C18H19IN2S2/c1-18(2,3)11-4-6-13-14(9-20)17(23-15(13)8-11)21-10-12-5-7-16(19)22-12/h5,7,10-11H,4,6,8H2,1-3H3/t11-/m1/s1. The molecule has 0 aromatic carbocycles. The summed E-state index contributed by atoms with van der Waals surface area (Å²) >= 11 is 5.75. The number of hydrogen-bond donors (Lipinski definition) is 0. The van der Waals surface area contributed by atoms with Crippen molar-refractivity contribution < 1.29 is 0 Å². The highest BCUT2D eigenvalue weighted by Crippen LogP contribution is 2.44. The fraction of sp³-hybridized carbons (Fsp3) is 0.444. The Balaban J connectivity index is 1.90. The second kappa shape index (κ2) is 6.66. The molecule has 120 valence electrons. The van der Waals surface area contributed by atoms with Crippen LogP contribution in [-0.4, -0.2) is 6.21 Å². The minimum atomic E-state index is 0.325. The Bertz CT molecular complexity index is 787. The number of rotatable bonds is 2. The first-order chi connectivity index (χ1) is 10.9. The van der Waals surface area contributed by atoms with Gasteiger partial charge >= 0.3 is 0 Å². The summed E-state index contributed by atoms with van der Waals surface area (Å²) in [7, 11) is 0. The van der Waals surface area contributed by atoms with Gasteiger partial charge in [0.15, 0.2) is 0 Å². The first kappa shape index (κ1) is 17.1. The summed E-state index contributed by atoms with van der Waals surface area (Å²) in [5.41, 5.74) is 2.39. The summed E-state index contributed by atoms with van der Waals surface area (Å²) < 4.78 is 1.25. The van der Waals surface area contributed by atoms with E-state index in [1.165, 1.54) is 19.7 Å². The molecule has 0 unspecified atom stereocenters. The van der Waals surface area contributed by atoms with Crippen LogP contribution < -0.4 is 0 Å². The van der Waals surface area contributed by atoms with Gasteiger partial charge in [-0.2, -0.15) is 5.26 Å². The second-order valence-corrected chi connectivity index (χ2v) is 11.1. The van der Waals surface area contributed by atoms with Gasteiger partial charge in [-0.15, -0.1) is 22.7 Å². The molecule has 0 aliphatic heterocycles. The summed E-state index contributed by atoms with van der Waals surface area (Å²) in [4.78, 5) is 7.14. The van der Waals surface area contributed by atoms with E-state index in [0.717, 1.165) is 28.3 Å². The normalized spacial score (nSPS) is 18.1. The molecule has 2 aromatic heterocycles. The summed E-state index contributed by atoms with van der Waals surface area (Å²) in [5, 5.41) is 10.5. The lowest BCUT2D eigenvalue weighted by Crippen LogP contribution is -2.26. The van der Waals surface area contributed by atoms with E-state index < -0.39 is 0 Å². The SMILES string of the molecule is CC(C)(C)[C@@H]1CCc2c(sc(N=Cc3ccc(I)s3)c2C#N)C1. The Hall–Kier alpha value is -0.710. The molecular formula is C18H19IN2S2. The largest absolute Gasteiger partial charge is 0.243 e. The van der Waals surface area contributed by atoms with Crippen LogP contribution in [-0.2, 0) is 12.8 Å². The Morgan fingerprint density at radius 2 is 2.13 bits per heavy atom. The highest BCUT2D eigenvalue weighted by Gasteiger charge is 2.32. The second-order valence-electron chi connectivity index (χ2n) is 7.00. The van der Waals surface area contributed by atoms with Gasteiger partial charge in [0.1, 0.15) is 11.1 Å². The van der Waals surface area contributed by atoms with Crippen molar-refractivity contribution in [3.63, 3.8) is 0 Å². The van der Waals surface area contributed by atoms with Crippen LogP contribution in [0.2, 0.25) is 0 Å². The maximum Gasteiger partial charge on any atom is 0.134 e. The van der Waals surface area contributed by atoms with Crippen molar-refractivity contribution in [2.75, 3.05) is 0 Å². The predicted molar refractivity (Wildman–Crippen MR) is 108 cm³/mol. The van der Waals surface area contributed by atoms with E-state index in [4.69, 9.17) is 0 Å². The van der Waals surface area contributed by atoms with Crippen LogP contribution in [0.4, 0.5) is 5.00 Å².